The van der Waals surface area contributed by atoms with Gasteiger partial charge in [0.25, 0.3) is 0 Å². The van der Waals surface area contributed by atoms with Gasteiger partial charge in [0, 0.05) is 6.04 Å². The predicted octanol–water partition coefficient (Wildman–Crippen LogP) is -1.60. The predicted molar refractivity (Wildman–Crippen MR) is 69.9 cm³/mol. The molecule has 0 saturated carbocycles. The molecule has 1 unspecified atom stereocenters. The molecule has 0 rings (SSSR count). The minimum Gasteiger partial charge on any atom is -0.480 e. The summed E-state index contributed by atoms with van der Waals surface area (Å²) >= 11 is 0. The normalized spacial score (nSPS) is 11.4. The Balaban J connectivity index is 3.96. The third kappa shape index (κ3) is 8.72. The molecule has 1 atom stereocenters. The summed E-state index contributed by atoms with van der Waals surface area (Å²) in [7, 11) is 0. The zero-order valence-corrected chi connectivity index (χ0v) is 11.6. The smallest absolute Gasteiger partial charge is 0.322 e. The third-order valence-electron chi connectivity index (χ3n) is 2.02. The van der Waals surface area contributed by atoms with Crippen LogP contribution in [-0.2, 0) is 14.4 Å². The number of carbonyl (C=O) groups is 4. The first kappa shape index (κ1) is 17.7. The molecule has 114 valence electrons. The quantitative estimate of drug-likeness (QED) is 0.384. The van der Waals surface area contributed by atoms with Gasteiger partial charge in [0.2, 0.25) is 11.8 Å². The molecular formula is C11H20N4O5. The Morgan fingerprint density at radius 2 is 1.55 bits per heavy atom. The Kier molecular flexibility index (Phi) is 7.71. The van der Waals surface area contributed by atoms with Crippen LogP contribution in [0.2, 0.25) is 0 Å². The molecule has 0 fully saturated rings. The lowest BCUT2D eigenvalue weighted by molar-refractivity contribution is -0.137. The molecule has 0 aliphatic carbocycles. The number of carboxylic acids is 1. The van der Waals surface area contributed by atoms with E-state index in [9.17, 15) is 19.2 Å². The molecule has 0 aromatic rings. The van der Waals surface area contributed by atoms with E-state index in [2.05, 4.69) is 21.3 Å². The molecule has 0 bridgehead atoms. The van der Waals surface area contributed by atoms with Crippen molar-refractivity contribution in [1.82, 2.24) is 21.3 Å². The molecule has 0 aromatic carbocycles. The Morgan fingerprint density at radius 1 is 0.950 bits per heavy atom. The van der Waals surface area contributed by atoms with Crippen molar-refractivity contribution in [1.29, 1.82) is 0 Å². The van der Waals surface area contributed by atoms with Gasteiger partial charge in [0.1, 0.15) is 12.6 Å². The van der Waals surface area contributed by atoms with E-state index < -0.39 is 30.5 Å². The largest absolute Gasteiger partial charge is 0.480 e. The molecule has 9 nitrogen and oxygen atoms in total. The van der Waals surface area contributed by atoms with Crippen molar-refractivity contribution in [3.63, 3.8) is 0 Å². The summed E-state index contributed by atoms with van der Waals surface area (Å²) in [6.45, 7) is 4.18. The maximum absolute atomic E-state index is 11.5. The molecule has 4 amide bonds. The zero-order chi connectivity index (χ0) is 15.7. The Morgan fingerprint density at radius 3 is 2.05 bits per heavy atom. The number of nitrogens with one attached hydrogen (secondary N) is 4. The van der Waals surface area contributed by atoms with Crippen molar-refractivity contribution in [3.8, 4) is 0 Å². The van der Waals surface area contributed by atoms with Crippen molar-refractivity contribution in [2.24, 2.45) is 0 Å². The number of rotatable bonds is 7. The minimum atomic E-state index is -1.18. The molecule has 0 aliphatic heterocycles. The average molecular weight is 288 g/mol. The van der Waals surface area contributed by atoms with E-state index in [1.807, 2.05) is 0 Å². The molecule has 0 heterocycles. The standard InChI is InChI=1S/C11H20N4O5/c1-6(2)14-10(19)7(3)15-11(20)13-4-8(16)12-5-9(17)18/h6-7H,4-5H2,1-3H3,(H,12,16)(H,14,19)(H,17,18)(H2,13,15,20). The summed E-state index contributed by atoms with van der Waals surface area (Å²) < 4.78 is 0. The van der Waals surface area contributed by atoms with Crippen molar-refractivity contribution in [2.75, 3.05) is 13.1 Å². The van der Waals surface area contributed by atoms with Gasteiger partial charge in [-0.25, -0.2) is 4.79 Å². The summed E-state index contributed by atoms with van der Waals surface area (Å²) in [6, 6.07) is -1.49. The highest BCUT2D eigenvalue weighted by Gasteiger charge is 2.16. The molecule has 0 aromatic heterocycles. The van der Waals surface area contributed by atoms with Crippen LogP contribution in [0.1, 0.15) is 20.8 Å². The lowest BCUT2D eigenvalue weighted by Crippen LogP contribution is -2.51. The molecule has 0 aliphatic rings. The van der Waals surface area contributed by atoms with E-state index in [0.29, 0.717) is 0 Å². The summed E-state index contributed by atoms with van der Waals surface area (Å²) in [5, 5.41) is 17.6. The first-order chi connectivity index (χ1) is 9.22. The van der Waals surface area contributed by atoms with Gasteiger partial charge in [-0.1, -0.05) is 0 Å². The lowest BCUT2D eigenvalue weighted by atomic mass is 10.3. The van der Waals surface area contributed by atoms with Crippen LogP contribution >= 0.6 is 0 Å². The van der Waals surface area contributed by atoms with E-state index in [-0.39, 0.29) is 18.5 Å². The van der Waals surface area contributed by atoms with Crippen LogP contribution in [0.4, 0.5) is 4.79 Å². The molecular weight excluding hydrogens is 268 g/mol. The van der Waals surface area contributed by atoms with Gasteiger partial charge in [-0.2, -0.15) is 0 Å². The van der Waals surface area contributed by atoms with Gasteiger partial charge in [0.15, 0.2) is 0 Å². The number of amides is 4. The first-order valence-electron chi connectivity index (χ1n) is 6.05. The molecule has 20 heavy (non-hydrogen) atoms. The van der Waals surface area contributed by atoms with Crippen LogP contribution in [-0.4, -0.2) is 54.1 Å². The second kappa shape index (κ2) is 8.73. The van der Waals surface area contributed by atoms with Crippen molar-refractivity contribution in [3.05, 3.63) is 0 Å². The SMILES string of the molecule is CC(C)NC(=O)C(C)NC(=O)NCC(=O)NCC(=O)O. The van der Waals surface area contributed by atoms with Crippen LogP contribution in [0.5, 0.6) is 0 Å². The average Bonchev–Trinajstić information content (AvgIpc) is 2.32. The monoisotopic (exact) mass is 288 g/mol. The number of urea groups is 1. The highest BCUT2D eigenvalue weighted by molar-refractivity contribution is 5.89. The van der Waals surface area contributed by atoms with Crippen LogP contribution in [0.25, 0.3) is 0 Å². The Labute approximate surface area is 116 Å². The van der Waals surface area contributed by atoms with Crippen LogP contribution < -0.4 is 21.3 Å². The second-order valence-corrected chi connectivity index (χ2v) is 4.38. The highest BCUT2D eigenvalue weighted by atomic mass is 16.4. The van der Waals surface area contributed by atoms with Gasteiger partial charge in [0.05, 0.1) is 6.54 Å². The maximum atomic E-state index is 11.5. The molecule has 5 N–H and O–H groups in total. The number of hydrogen-bond donors (Lipinski definition) is 5. The van der Waals surface area contributed by atoms with Crippen LogP contribution in [0, 0.1) is 0 Å². The van der Waals surface area contributed by atoms with Gasteiger partial charge in [-0.15, -0.1) is 0 Å². The molecule has 0 saturated heterocycles. The van der Waals surface area contributed by atoms with Crippen LogP contribution in [0.15, 0.2) is 0 Å². The molecule has 9 heteroatoms. The summed E-state index contributed by atoms with van der Waals surface area (Å²) in [4.78, 5) is 44.2. The number of hydrogen-bond acceptors (Lipinski definition) is 4. The Bertz CT molecular complexity index is 383. The fraction of sp³-hybridized carbons (Fsp3) is 0.636. The molecule has 0 spiro atoms. The second-order valence-electron chi connectivity index (χ2n) is 4.38. The molecule has 0 radical (unpaired) electrons. The van der Waals surface area contributed by atoms with Gasteiger partial charge < -0.3 is 26.4 Å². The van der Waals surface area contributed by atoms with Gasteiger partial charge in [-0.05, 0) is 20.8 Å². The first-order valence-corrected chi connectivity index (χ1v) is 6.05. The highest BCUT2D eigenvalue weighted by Crippen LogP contribution is 1.85. The fourth-order valence-corrected chi connectivity index (χ4v) is 1.12. The van der Waals surface area contributed by atoms with Gasteiger partial charge >= 0.3 is 12.0 Å². The fourth-order valence-electron chi connectivity index (χ4n) is 1.12. The van der Waals surface area contributed by atoms with Crippen molar-refractivity contribution in [2.45, 2.75) is 32.9 Å². The summed E-state index contributed by atoms with van der Waals surface area (Å²) in [5.41, 5.74) is 0. The van der Waals surface area contributed by atoms with E-state index in [4.69, 9.17) is 5.11 Å². The van der Waals surface area contributed by atoms with E-state index in [0.717, 1.165) is 0 Å². The van der Waals surface area contributed by atoms with E-state index in [1.165, 1.54) is 6.92 Å². The van der Waals surface area contributed by atoms with Gasteiger partial charge in [-0.3, -0.25) is 14.4 Å². The number of aliphatic carboxylic acids is 1. The van der Waals surface area contributed by atoms with Crippen molar-refractivity contribution < 1.29 is 24.3 Å². The van der Waals surface area contributed by atoms with E-state index >= 15 is 0 Å². The maximum Gasteiger partial charge on any atom is 0.322 e. The Hall–Kier alpha value is -2.32. The van der Waals surface area contributed by atoms with E-state index in [1.54, 1.807) is 13.8 Å². The number of carbonyl (C=O) groups excluding carboxylic acids is 3. The summed E-state index contributed by atoms with van der Waals surface area (Å²) in [6.07, 6.45) is 0. The lowest BCUT2D eigenvalue weighted by Gasteiger charge is -2.16. The van der Waals surface area contributed by atoms with Crippen molar-refractivity contribution >= 4 is 23.8 Å². The number of carboxylic acid groups (broad SMARTS) is 1. The minimum absolute atomic E-state index is 0.0448. The third-order valence-corrected chi connectivity index (χ3v) is 2.02. The zero-order valence-electron chi connectivity index (χ0n) is 11.6. The van der Waals surface area contributed by atoms with Crippen LogP contribution in [0.3, 0.4) is 0 Å². The summed E-state index contributed by atoms with van der Waals surface area (Å²) in [5.74, 6) is -2.16. The topological polar surface area (TPSA) is 137 Å².